The third-order valence-electron chi connectivity index (χ3n) is 4.47. The van der Waals surface area contributed by atoms with Gasteiger partial charge >= 0.3 is 0 Å². The Hall–Kier alpha value is -2.55. The second-order valence-electron chi connectivity index (χ2n) is 6.91. The van der Waals surface area contributed by atoms with Crippen LogP contribution in [0.4, 0.5) is 5.69 Å². The van der Waals surface area contributed by atoms with Crippen molar-refractivity contribution < 1.29 is 19.7 Å². The number of hydrogen-bond donors (Lipinski definition) is 4. The van der Waals surface area contributed by atoms with Crippen molar-refractivity contribution >= 4 is 30.5 Å². The third-order valence-corrected chi connectivity index (χ3v) is 4.47. The Morgan fingerprint density at radius 3 is 2.31 bits per heavy atom. The number of nitrogens with two attached hydrogens (primary N) is 1. The third kappa shape index (κ3) is 8.90. The topological polar surface area (TPSA) is 110 Å². The summed E-state index contributed by atoms with van der Waals surface area (Å²) in [5, 5.41) is 23.0. The van der Waals surface area contributed by atoms with Gasteiger partial charge in [0.05, 0.1) is 12.3 Å². The number of hydrogen-bond acceptors (Lipinski definition) is 7. The zero-order chi connectivity index (χ0) is 21.2. The van der Waals surface area contributed by atoms with E-state index in [2.05, 4.69) is 10.3 Å². The molecule has 7 nitrogen and oxygen atoms in total. The fourth-order valence-corrected chi connectivity index (χ4v) is 2.85. The van der Waals surface area contributed by atoms with E-state index in [1.165, 1.54) is 0 Å². The molecule has 0 fully saturated rings. The Balaban J connectivity index is 0.00000256. The number of aliphatic hydroxyl groups is 2. The van der Waals surface area contributed by atoms with Crippen molar-refractivity contribution in [3.05, 3.63) is 78.5 Å². The molecule has 9 heteroatoms. The highest BCUT2D eigenvalue weighted by molar-refractivity contribution is 5.85. The maximum Gasteiger partial charge on any atom is 0.242 e. The molecular formula is C23H29Cl2N3O4. The highest BCUT2D eigenvalue weighted by Gasteiger charge is 2.12. The van der Waals surface area contributed by atoms with Gasteiger partial charge in [-0.2, -0.15) is 0 Å². The van der Waals surface area contributed by atoms with Crippen LogP contribution < -0.4 is 20.5 Å². The lowest BCUT2D eigenvalue weighted by Crippen LogP contribution is -2.41. The summed E-state index contributed by atoms with van der Waals surface area (Å²) in [6.07, 6.45) is 1.55. The van der Waals surface area contributed by atoms with Crippen LogP contribution in [0.5, 0.6) is 17.4 Å². The van der Waals surface area contributed by atoms with E-state index in [0.717, 1.165) is 5.56 Å². The molecule has 0 saturated carbocycles. The normalized spacial score (nSPS) is 12.1. The van der Waals surface area contributed by atoms with Crippen LogP contribution in [0.15, 0.2) is 72.9 Å². The van der Waals surface area contributed by atoms with Crippen molar-refractivity contribution in [1.29, 1.82) is 0 Å². The number of pyridine rings is 1. The number of nitrogen functional groups attached to an aromatic ring is 1. The number of anilines is 1. The number of aliphatic hydroxyl groups excluding tert-OH is 2. The van der Waals surface area contributed by atoms with Gasteiger partial charge in [-0.3, -0.25) is 0 Å². The number of benzene rings is 2. The summed E-state index contributed by atoms with van der Waals surface area (Å²) in [6.45, 7) is 0.449. The summed E-state index contributed by atoms with van der Waals surface area (Å²) < 4.78 is 11.2. The minimum Gasteiger partial charge on any atom is -0.491 e. The Bertz CT molecular complexity index is 901. The molecule has 3 rings (SSSR count). The summed E-state index contributed by atoms with van der Waals surface area (Å²) >= 11 is 0. The SMILES string of the molecule is Cl.Cl.Nc1cccnc1Oc1ccc(C[C@@H](CO)NC[C@H](O)COc2ccccc2)cc1. The lowest BCUT2D eigenvalue weighted by atomic mass is 10.1. The van der Waals surface area contributed by atoms with Gasteiger partial charge in [-0.25, -0.2) is 4.98 Å². The number of rotatable bonds is 11. The molecule has 0 radical (unpaired) electrons. The molecule has 174 valence electrons. The number of nitrogens with zero attached hydrogens (tertiary/aromatic N) is 1. The van der Waals surface area contributed by atoms with Gasteiger partial charge in [0.2, 0.25) is 5.88 Å². The molecule has 0 unspecified atom stereocenters. The van der Waals surface area contributed by atoms with Crippen LogP contribution in [0.2, 0.25) is 0 Å². The molecule has 0 spiro atoms. The Morgan fingerprint density at radius 1 is 0.938 bits per heavy atom. The molecule has 2 aromatic carbocycles. The van der Waals surface area contributed by atoms with Gasteiger partial charge in [-0.15, -0.1) is 24.8 Å². The molecule has 0 saturated heterocycles. The average Bonchev–Trinajstić information content (AvgIpc) is 2.78. The highest BCUT2D eigenvalue weighted by Crippen LogP contribution is 2.24. The molecule has 0 aliphatic heterocycles. The van der Waals surface area contributed by atoms with Gasteiger partial charge < -0.3 is 30.7 Å². The minimum atomic E-state index is -0.682. The first-order chi connectivity index (χ1) is 14.6. The van der Waals surface area contributed by atoms with Gasteiger partial charge in [-0.05, 0) is 48.4 Å². The monoisotopic (exact) mass is 481 g/mol. The maximum atomic E-state index is 10.1. The van der Waals surface area contributed by atoms with Crippen molar-refractivity contribution in [3.8, 4) is 17.4 Å². The fourth-order valence-electron chi connectivity index (χ4n) is 2.85. The van der Waals surface area contributed by atoms with Crippen LogP contribution in [0.25, 0.3) is 0 Å². The maximum absolute atomic E-state index is 10.1. The summed E-state index contributed by atoms with van der Waals surface area (Å²) in [5.74, 6) is 1.71. The lowest BCUT2D eigenvalue weighted by molar-refractivity contribution is 0.0997. The van der Waals surface area contributed by atoms with Crippen LogP contribution in [0.3, 0.4) is 0 Å². The number of nitrogens with one attached hydrogen (secondary N) is 1. The minimum absolute atomic E-state index is 0. The first-order valence-electron chi connectivity index (χ1n) is 9.81. The van der Waals surface area contributed by atoms with Crippen LogP contribution in [0, 0.1) is 0 Å². The predicted molar refractivity (Wildman–Crippen MR) is 130 cm³/mol. The number of aromatic nitrogens is 1. The van der Waals surface area contributed by atoms with Crippen molar-refractivity contribution in [2.24, 2.45) is 0 Å². The molecule has 3 aromatic rings. The molecule has 5 N–H and O–H groups in total. The highest BCUT2D eigenvalue weighted by atomic mass is 35.5. The first kappa shape index (κ1) is 27.5. The van der Waals surface area contributed by atoms with E-state index in [9.17, 15) is 10.2 Å². The smallest absolute Gasteiger partial charge is 0.242 e. The van der Waals surface area contributed by atoms with Gasteiger partial charge in [0, 0.05) is 18.8 Å². The zero-order valence-electron chi connectivity index (χ0n) is 17.5. The van der Waals surface area contributed by atoms with E-state index < -0.39 is 6.10 Å². The van der Waals surface area contributed by atoms with Crippen molar-refractivity contribution in [2.75, 3.05) is 25.5 Å². The van der Waals surface area contributed by atoms with Crippen LogP contribution >= 0.6 is 24.8 Å². The van der Waals surface area contributed by atoms with Gasteiger partial charge in [0.15, 0.2) is 0 Å². The Morgan fingerprint density at radius 2 is 1.66 bits per heavy atom. The van der Waals surface area contributed by atoms with E-state index in [1.807, 2.05) is 54.6 Å². The Labute approximate surface area is 200 Å². The molecular weight excluding hydrogens is 453 g/mol. The van der Waals surface area contributed by atoms with Gasteiger partial charge in [0.1, 0.15) is 24.2 Å². The van der Waals surface area contributed by atoms with Gasteiger partial charge in [-0.1, -0.05) is 30.3 Å². The first-order valence-corrected chi connectivity index (χ1v) is 9.81. The summed E-state index contributed by atoms with van der Waals surface area (Å²) in [5.41, 5.74) is 7.34. The summed E-state index contributed by atoms with van der Waals surface area (Å²) in [4.78, 5) is 4.11. The number of para-hydroxylation sites is 1. The molecule has 32 heavy (non-hydrogen) atoms. The van der Waals surface area contributed by atoms with E-state index in [1.54, 1.807) is 18.3 Å². The van der Waals surface area contributed by atoms with Crippen LogP contribution in [-0.4, -0.2) is 47.1 Å². The van der Waals surface area contributed by atoms with Crippen LogP contribution in [-0.2, 0) is 6.42 Å². The molecule has 1 aromatic heterocycles. The predicted octanol–water partition coefficient (Wildman–Crippen LogP) is 3.23. The quantitative estimate of drug-likeness (QED) is 0.332. The van der Waals surface area contributed by atoms with Crippen molar-refractivity contribution in [3.63, 3.8) is 0 Å². The van der Waals surface area contributed by atoms with Crippen LogP contribution in [0.1, 0.15) is 5.56 Å². The fraction of sp³-hybridized carbons (Fsp3) is 0.261. The van der Waals surface area contributed by atoms with Crippen molar-refractivity contribution in [2.45, 2.75) is 18.6 Å². The molecule has 2 atom stereocenters. The lowest BCUT2D eigenvalue weighted by Gasteiger charge is -2.19. The summed E-state index contributed by atoms with van der Waals surface area (Å²) in [7, 11) is 0. The van der Waals surface area contributed by atoms with Gasteiger partial charge in [0.25, 0.3) is 0 Å². The molecule has 0 amide bonds. The molecule has 1 heterocycles. The second-order valence-corrected chi connectivity index (χ2v) is 6.91. The number of ether oxygens (including phenoxy) is 2. The van der Waals surface area contributed by atoms with E-state index in [-0.39, 0.29) is 44.1 Å². The average molecular weight is 482 g/mol. The largest absolute Gasteiger partial charge is 0.491 e. The second kappa shape index (κ2) is 14.5. The molecule has 0 aliphatic rings. The van der Waals surface area contributed by atoms with E-state index >= 15 is 0 Å². The zero-order valence-corrected chi connectivity index (χ0v) is 19.1. The van der Waals surface area contributed by atoms with Crippen molar-refractivity contribution in [1.82, 2.24) is 10.3 Å². The van der Waals surface area contributed by atoms with E-state index in [0.29, 0.717) is 36.0 Å². The number of halogens is 2. The summed E-state index contributed by atoms with van der Waals surface area (Å²) in [6, 6.07) is 20.2. The Kier molecular flexibility index (Phi) is 12.5. The standard InChI is InChI=1S/C23H27N3O4.2ClH/c24-22-7-4-12-25-23(22)30-21-10-8-17(9-11-21)13-18(15-27)26-14-19(28)16-29-20-5-2-1-3-6-20;;/h1-12,18-19,26-28H,13-16,24H2;2*1H/t18-,19-;;/m0../s1. The van der Waals surface area contributed by atoms with E-state index in [4.69, 9.17) is 15.2 Å². The molecule has 0 bridgehead atoms. The molecule has 0 aliphatic carbocycles.